The third-order valence-corrected chi connectivity index (χ3v) is 9.43. The summed E-state index contributed by atoms with van der Waals surface area (Å²) in [6.07, 6.45) is 7.50. The van der Waals surface area contributed by atoms with Crippen LogP contribution in [-0.2, 0) is 16.1 Å². The number of rotatable bonds is 6. The molecule has 2 aromatic carbocycles. The predicted octanol–water partition coefficient (Wildman–Crippen LogP) is 6.58. The average molecular weight is 581 g/mol. The van der Waals surface area contributed by atoms with Crippen LogP contribution in [0.5, 0.6) is 0 Å². The minimum Gasteiger partial charge on any atom is -0.478 e. The molecule has 1 saturated heterocycles. The van der Waals surface area contributed by atoms with Gasteiger partial charge in [0.05, 0.1) is 41.2 Å². The third kappa shape index (κ3) is 4.97. The Morgan fingerprint density at radius 2 is 1.83 bits per heavy atom. The van der Waals surface area contributed by atoms with E-state index in [4.69, 9.17) is 9.72 Å². The number of carbonyl (C=O) groups excluding carboxylic acids is 1. The molecule has 3 aromatic heterocycles. The standard InChI is InChI=1S/C33H32N4O4S/c38-29(36-13-15-41-16-14-36)20-37-28-19-24(33(39)40)6-9-25(28)30(21-4-2-1-3-5-21)31(37)23-8-10-26-22(18-23)7-11-27(35-26)32-34-12-17-42-32/h6-12,17-19,21H,1-5,13-16,20H2,(H,39,40). The largest absolute Gasteiger partial charge is 0.478 e. The van der Waals surface area contributed by atoms with Gasteiger partial charge in [-0.05, 0) is 60.2 Å². The first-order chi connectivity index (χ1) is 20.6. The zero-order valence-electron chi connectivity index (χ0n) is 23.3. The van der Waals surface area contributed by atoms with E-state index in [1.54, 1.807) is 29.7 Å². The molecule has 0 spiro atoms. The lowest BCUT2D eigenvalue weighted by Gasteiger charge is -2.28. The minimum absolute atomic E-state index is 0.0166. The molecule has 1 saturated carbocycles. The first kappa shape index (κ1) is 26.8. The van der Waals surface area contributed by atoms with Crippen molar-refractivity contribution in [2.75, 3.05) is 26.3 Å². The van der Waals surface area contributed by atoms with Crippen LogP contribution < -0.4 is 0 Å². The van der Waals surface area contributed by atoms with Gasteiger partial charge in [-0.15, -0.1) is 11.3 Å². The molecule has 0 bridgehead atoms. The van der Waals surface area contributed by atoms with Gasteiger partial charge in [0.2, 0.25) is 5.91 Å². The van der Waals surface area contributed by atoms with Crippen molar-refractivity contribution in [2.24, 2.45) is 0 Å². The fourth-order valence-electron chi connectivity index (χ4n) is 6.58. The summed E-state index contributed by atoms with van der Waals surface area (Å²) in [6.45, 7) is 2.32. The number of nitrogens with zero attached hydrogens (tertiary/aromatic N) is 4. The van der Waals surface area contributed by atoms with Gasteiger partial charge in [0.15, 0.2) is 0 Å². The second-order valence-corrected chi connectivity index (χ2v) is 12.0. The van der Waals surface area contributed by atoms with Gasteiger partial charge in [-0.3, -0.25) is 4.79 Å². The summed E-state index contributed by atoms with van der Waals surface area (Å²) >= 11 is 1.56. The van der Waals surface area contributed by atoms with Gasteiger partial charge >= 0.3 is 5.97 Å². The summed E-state index contributed by atoms with van der Waals surface area (Å²) < 4.78 is 7.56. The van der Waals surface area contributed by atoms with Crippen LogP contribution in [0.15, 0.2) is 60.1 Å². The van der Waals surface area contributed by atoms with Crippen LogP contribution in [0.3, 0.4) is 0 Å². The smallest absolute Gasteiger partial charge is 0.335 e. The van der Waals surface area contributed by atoms with Crippen molar-refractivity contribution in [3.05, 3.63) is 71.2 Å². The number of carbonyl (C=O) groups is 2. The summed E-state index contributed by atoms with van der Waals surface area (Å²) in [6, 6.07) is 15.8. The molecular weight excluding hydrogens is 548 g/mol. The van der Waals surface area contributed by atoms with Crippen LogP contribution >= 0.6 is 11.3 Å². The van der Waals surface area contributed by atoms with Crippen molar-refractivity contribution in [1.82, 2.24) is 19.4 Å². The van der Waals surface area contributed by atoms with E-state index in [1.165, 1.54) is 12.0 Å². The van der Waals surface area contributed by atoms with Crippen LogP contribution in [0.2, 0.25) is 0 Å². The molecule has 2 fully saturated rings. The van der Waals surface area contributed by atoms with Crippen molar-refractivity contribution < 1.29 is 19.4 Å². The average Bonchev–Trinajstić information content (AvgIpc) is 3.68. The molecule has 9 heteroatoms. The number of carboxylic acids is 1. The molecule has 4 heterocycles. The van der Waals surface area contributed by atoms with E-state index in [0.29, 0.717) is 32.2 Å². The molecule has 42 heavy (non-hydrogen) atoms. The number of hydrogen-bond donors (Lipinski definition) is 1. The van der Waals surface area contributed by atoms with E-state index in [9.17, 15) is 14.7 Å². The Kier molecular flexibility index (Phi) is 7.21. The van der Waals surface area contributed by atoms with Gasteiger partial charge in [0, 0.05) is 35.4 Å². The number of carboxylic acid groups (broad SMARTS) is 1. The van der Waals surface area contributed by atoms with E-state index >= 15 is 0 Å². The molecule has 8 nitrogen and oxygen atoms in total. The Morgan fingerprint density at radius 3 is 2.60 bits per heavy atom. The molecule has 1 aliphatic carbocycles. The highest BCUT2D eigenvalue weighted by atomic mass is 32.1. The van der Waals surface area contributed by atoms with Crippen molar-refractivity contribution in [1.29, 1.82) is 0 Å². The second-order valence-electron chi connectivity index (χ2n) is 11.2. The summed E-state index contributed by atoms with van der Waals surface area (Å²) in [4.78, 5) is 36.9. The van der Waals surface area contributed by atoms with Gasteiger partial charge < -0.3 is 19.3 Å². The van der Waals surface area contributed by atoms with Crippen molar-refractivity contribution in [3.63, 3.8) is 0 Å². The van der Waals surface area contributed by atoms with Gasteiger partial charge in [0.1, 0.15) is 11.6 Å². The first-order valence-corrected chi connectivity index (χ1v) is 15.5. The van der Waals surface area contributed by atoms with Gasteiger partial charge in [-0.2, -0.15) is 0 Å². The summed E-state index contributed by atoms with van der Waals surface area (Å²) in [5.41, 5.74) is 5.99. The van der Waals surface area contributed by atoms with Crippen LogP contribution in [0.1, 0.15) is 53.9 Å². The van der Waals surface area contributed by atoms with Crippen LogP contribution in [0, 0.1) is 0 Å². The topological polar surface area (TPSA) is 97.5 Å². The zero-order chi connectivity index (χ0) is 28.6. The number of ether oxygens (including phenoxy) is 1. The maximum absolute atomic E-state index is 13.7. The van der Waals surface area contributed by atoms with Crippen LogP contribution in [-0.4, -0.2) is 62.7 Å². The third-order valence-electron chi connectivity index (χ3n) is 8.64. The number of pyridine rings is 1. The summed E-state index contributed by atoms with van der Waals surface area (Å²) in [7, 11) is 0. The second kappa shape index (κ2) is 11.3. The predicted molar refractivity (Wildman–Crippen MR) is 164 cm³/mol. The molecule has 7 rings (SSSR count). The Bertz CT molecular complexity index is 1780. The molecule has 214 valence electrons. The molecule has 5 aromatic rings. The summed E-state index contributed by atoms with van der Waals surface area (Å²) in [5, 5.41) is 14.7. The van der Waals surface area contributed by atoms with E-state index in [2.05, 4.69) is 27.8 Å². The number of fused-ring (bicyclic) bond motifs is 2. The highest BCUT2D eigenvalue weighted by Crippen LogP contribution is 2.45. The molecule has 0 radical (unpaired) electrons. The summed E-state index contributed by atoms with van der Waals surface area (Å²) in [5.74, 6) is -0.617. The monoisotopic (exact) mass is 580 g/mol. The molecule has 2 aliphatic rings. The number of hydrogen-bond acceptors (Lipinski definition) is 6. The van der Waals surface area contributed by atoms with Crippen LogP contribution in [0.4, 0.5) is 0 Å². The molecule has 0 unspecified atom stereocenters. The number of aromatic carboxylic acids is 1. The Morgan fingerprint density at radius 1 is 1.00 bits per heavy atom. The zero-order valence-corrected chi connectivity index (χ0v) is 24.1. The fraction of sp³-hybridized carbons (Fsp3) is 0.333. The number of amides is 1. The normalized spacial score (nSPS) is 16.3. The quantitative estimate of drug-likeness (QED) is 0.244. The Balaban J connectivity index is 1.42. The lowest BCUT2D eigenvalue weighted by atomic mass is 9.81. The Labute approximate surface area is 247 Å². The van der Waals surface area contributed by atoms with E-state index in [-0.39, 0.29) is 18.0 Å². The van der Waals surface area contributed by atoms with Crippen molar-refractivity contribution in [2.45, 2.75) is 44.6 Å². The van der Waals surface area contributed by atoms with Crippen LogP contribution in [0.25, 0.3) is 43.8 Å². The molecule has 1 amide bonds. The van der Waals surface area contributed by atoms with Crippen molar-refractivity contribution in [3.8, 4) is 22.0 Å². The number of morpholine rings is 1. The molecular formula is C33H32N4O4S. The highest BCUT2D eigenvalue weighted by molar-refractivity contribution is 7.13. The number of aromatic nitrogens is 3. The molecule has 0 atom stereocenters. The van der Waals surface area contributed by atoms with E-state index in [0.717, 1.165) is 69.4 Å². The first-order valence-electron chi connectivity index (χ1n) is 14.6. The molecule has 1 N–H and O–H groups in total. The maximum Gasteiger partial charge on any atom is 0.335 e. The van der Waals surface area contributed by atoms with Gasteiger partial charge in [-0.25, -0.2) is 14.8 Å². The maximum atomic E-state index is 13.7. The fourth-order valence-corrected chi connectivity index (χ4v) is 7.19. The lowest BCUT2D eigenvalue weighted by molar-refractivity contribution is -0.135. The van der Waals surface area contributed by atoms with E-state index in [1.807, 2.05) is 28.5 Å². The number of thiazole rings is 1. The van der Waals surface area contributed by atoms with Gasteiger partial charge in [0.25, 0.3) is 0 Å². The molecule has 1 aliphatic heterocycles. The highest BCUT2D eigenvalue weighted by Gasteiger charge is 2.29. The SMILES string of the molecule is O=C(O)c1ccc2c(C3CCCCC3)c(-c3ccc4nc(-c5nccs5)ccc4c3)n(CC(=O)N3CCOCC3)c2c1. The number of benzene rings is 2. The minimum atomic E-state index is -0.974. The van der Waals surface area contributed by atoms with E-state index < -0.39 is 5.97 Å². The van der Waals surface area contributed by atoms with Crippen molar-refractivity contribution >= 4 is 45.0 Å². The lowest BCUT2D eigenvalue weighted by Crippen LogP contribution is -2.42. The van der Waals surface area contributed by atoms with Gasteiger partial charge in [-0.1, -0.05) is 37.5 Å². The Hall–Kier alpha value is -4.08.